The van der Waals surface area contributed by atoms with Gasteiger partial charge in [-0.1, -0.05) is 6.92 Å². The average molecular weight is 252 g/mol. The molecular formula is C13H16O5. The highest BCUT2D eigenvalue weighted by molar-refractivity contribution is 6.17. The van der Waals surface area contributed by atoms with Gasteiger partial charge in [-0.3, -0.25) is 0 Å². The molecule has 0 spiro atoms. The molecule has 0 radical (unpaired) electrons. The van der Waals surface area contributed by atoms with Crippen molar-refractivity contribution in [2.45, 2.75) is 26.4 Å². The highest BCUT2D eigenvalue weighted by Crippen LogP contribution is 2.12. The van der Waals surface area contributed by atoms with E-state index in [2.05, 4.69) is 4.74 Å². The van der Waals surface area contributed by atoms with Crippen LogP contribution in [0.5, 0.6) is 0 Å². The summed E-state index contributed by atoms with van der Waals surface area (Å²) < 4.78 is 14.7. The summed E-state index contributed by atoms with van der Waals surface area (Å²) in [5.41, 5.74) is -0.187. The van der Waals surface area contributed by atoms with Crippen LogP contribution in [0.2, 0.25) is 0 Å². The summed E-state index contributed by atoms with van der Waals surface area (Å²) in [7, 11) is 1.20. The highest BCUT2D eigenvalue weighted by Gasteiger charge is 2.22. The van der Waals surface area contributed by atoms with E-state index in [-0.39, 0.29) is 11.7 Å². The monoisotopic (exact) mass is 252 g/mol. The molecule has 1 atom stereocenters. The molecule has 0 aliphatic heterocycles. The second-order valence-corrected chi connectivity index (χ2v) is 3.69. The van der Waals surface area contributed by atoms with Crippen LogP contribution in [0, 0.1) is 0 Å². The molecule has 1 heterocycles. The number of hydrogen-bond acceptors (Lipinski definition) is 5. The number of rotatable bonds is 5. The van der Waals surface area contributed by atoms with E-state index in [4.69, 9.17) is 9.15 Å². The molecule has 0 aromatic carbocycles. The normalized spacial score (nSPS) is 12.9. The van der Waals surface area contributed by atoms with E-state index in [1.165, 1.54) is 19.4 Å². The number of carbonyl (C=O) groups is 2. The molecule has 0 aliphatic rings. The SMILES string of the molecule is CCC(C)OC(=O)/C(=C\c1ccco1)C(=O)OC. The Morgan fingerprint density at radius 1 is 1.44 bits per heavy atom. The summed E-state index contributed by atoms with van der Waals surface area (Å²) in [6, 6.07) is 3.28. The lowest BCUT2D eigenvalue weighted by molar-refractivity contribution is -0.148. The summed E-state index contributed by atoms with van der Waals surface area (Å²) >= 11 is 0. The van der Waals surface area contributed by atoms with E-state index in [0.29, 0.717) is 12.2 Å². The summed E-state index contributed by atoms with van der Waals surface area (Å²) in [6.45, 7) is 3.63. The summed E-state index contributed by atoms with van der Waals surface area (Å²) in [6.07, 6.45) is 3.15. The van der Waals surface area contributed by atoms with E-state index < -0.39 is 11.9 Å². The zero-order valence-corrected chi connectivity index (χ0v) is 10.6. The predicted molar refractivity (Wildman–Crippen MR) is 64.5 cm³/mol. The molecule has 0 fully saturated rings. The molecule has 0 bridgehead atoms. The molecule has 1 rings (SSSR count). The van der Waals surface area contributed by atoms with Crippen molar-refractivity contribution in [3.63, 3.8) is 0 Å². The third-order valence-corrected chi connectivity index (χ3v) is 2.34. The van der Waals surface area contributed by atoms with Crippen LogP contribution in [0.1, 0.15) is 26.0 Å². The largest absolute Gasteiger partial charge is 0.465 e. The van der Waals surface area contributed by atoms with E-state index in [1.807, 2.05) is 6.92 Å². The van der Waals surface area contributed by atoms with Crippen LogP contribution < -0.4 is 0 Å². The van der Waals surface area contributed by atoms with Gasteiger partial charge in [-0.05, 0) is 25.5 Å². The third-order valence-electron chi connectivity index (χ3n) is 2.34. The maximum atomic E-state index is 11.8. The first-order chi connectivity index (χ1) is 8.58. The molecule has 18 heavy (non-hydrogen) atoms. The molecule has 0 aliphatic carbocycles. The molecule has 5 heteroatoms. The Morgan fingerprint density at radius 2 is 2.17 bits per heavy atom. The van der Waals surface area contributed by atoms with Gasteiger partial charge in [0.2, 0.25) is 0 Å². The van der Waals surface area contributed by atoms with Gasteiger partial charge < -0.3 is 13.9 Å². The molecule has 1 aromatic rings. The van der Waals surface area contributed by atoms with Crippen molar-refractivity contribution < 1.29 is 23.5 Å². The van der Waals surface area contributed by atoms with Crippen molar-refractivity contribution >= 4 is 18.0 Å². The van der Waals surface area contributed by atoms with E-state index in [0.717, 1.165) is 0 Å². The van der Waals surface area contributed by atoms with Crippen molar-refractivity contribution in [3.05, 3.63) is 29.7 Å². The Hall–Kier alpha value is -2.04. The Morgan fingerprint density at radius 3 is 2.67 bits per heavy atom. The Bertz CT molecular complexity index is 430. The second-order valence-electron chi connectivity index (χ2n) is 3.69. The number of esters is 2. The first-order valence-corrected chi connectivity index (χ1v) is 5.63. The zero-order valence-electron chi connectivity index (χ0n) is 10.6. The standard InChI is InChI=1S/C13H16O5/c1-4-9(2)18-13(15)11(12(14)16-3)8-10-6-5-7-17-10/h5-9H,4H2,1-3H3/b11-8-. The molecule has 0 saturated heterocycles. The van der Waals surface area contributed by atoms with Gasteiger partial charge in [0.25, 0.3) is 0 Å². The summed E-state index contributed by atoms with van der Waals surface area (Å²) in [5, 5.41) is 0. The van der Waals surface area contributed by atoms with Crippen molar-refractivity contribution in [1.82, 2.24) is 0 Å². The molecular weight excluding hydrogens is 236 g/mol. The van der Waals surface area contributed by atoms with E-state index in [1.54, 1.807) is 19.1 Å². The van der Waals surface area contributed by atoms with Crippen LogP contribution in [0.3, 0.4) is 0 Å². The molecule has 0 saturated carbocycles. The first kappa shape index (κ1) is 14.0. The summed E-state index contributed by atoms with van der Waals surface area (Å²) in [5.74, 6) is -1.08. The lowest BCUT2D eigenvalue weighted by Gasteiger charge is -2.11. The lowest BCUT2D eigenvalue weighted by atomic mass is 10.2. The van der Waals surface area contributed by atoms with Gasteiger partial charge in [0.05, 0.1) is 19.5 Å². The topological polar surface area (TPSA) is 65.7 Å². The van der Waals surface area contributed by atoms with Crippen molar-refractivity contribution in [2.75, 3.05) is 7.11 Å². The van der Waals surface area contributed by atoms with Gasteiger partial charge in [-0.2, -0.15) is 0 Å². The predicted octanol–water partition coefficient (Wildman–Crippen LogP) is 2.18. The van der Waals surface area contributed by atoms with Gasteiger partial charge in [-0.25, -0.2) is 9.59 Å². The Balaban J connectivity index is 2.92. The van der Waals surface area contributed by atoms with Crippen LogP contribution >= 0.6 is 0 Å². The fourth-order valence-corrected chi connectivity index (χ4v) is 1.16. The van der Waals surface area contributed by atoms with Gasteiger partial charge in [0.1, 0.15) is 11.3 Å². The van der Waals surface area contributed by atoms with Crippen molar-refractivity contribution in [1.29, 1.82) is 0 Å². The van der Waals surface area contributed by atoms with Crippen LogP contribution in [0.15, 0.2) is 28.4 Å². The van der Waals surface area contributed by atoms with Crippen LogP contribution in [-0.2, 0) is 19.1 Å². The Labute approximate surface area is 105 Å². The minimum Gasteiger partial charge on any atom is -0.465 e. The van der Waals surface area contributed by atoms with E-state index in [9.17, 15) is 9.59 Å². The molecule has 1 unspecified atom stereocenters. The zero-order chi connectivity index (χ0) is 13.5. The van der Waals surface area contributed by atoms with Gasteiger partial charge in [0.15, 0.2) is 0 Å². The van der Waals surface area contributed by atoms with Crippen LogP contribution in [-0.4, -0.2) is 25.2 Å². The average Bonchev–Trinajstić information content (AvgIpc) is 2.87. The molecule has 0 N–H and O–H groups in total. The number of carbonyl (C=O) groups excluding carboxylic acids is 2. The first-order valence-electron chi connectivity index (χ1n) is 5.63. The number of methoxy groups -OCH3 is 1. The van der Waals surface area contributed by atoms with Crippen molar-refractivity contribution in [3.8, 4) is 0 Å². The quantitative estimate of drug-likeness (QED) is 0.348. The molecule has 98 valence electrons. The fourth-order valence-electron chi connectivity index (χ4n) is 1.16. The minimum absolute atomic E-state index is 0.187. The second kappa shape index (κ2) is 6.64. The van der Waals surface area contributed by atoms with Crippen molar-refractivity contribution in [2.24, 2.45) is 0 Å². The van der Waals surface area contributed by atoms with Crippen LogP contribution in [0.25, 0.3) is 6.08 Å². The van der Waals surface area contributed by atoms with Gasteiger partial charge >= 0.3 is 11.9 Å². The number of hydrogen-bond donors (Lipinski definition) is 0. The molecule has 0 amide bonds. The summed E-state index contributed by atoms with van der Waals surface area (Å²) in [4.78, 5) is 23.3. The minimum atomic E-state index is -0.750. The number of ether oxygens (including phenoxy) is 2. The maximum absolute atomic E-state index is 11.8. The van der Waals surface area contributed by atoms with Gasteiger partial charge in [0, 0.05) is 6.08 Å². The van der Waals surface area contributed by atoms with E-state index >= 15 is 0 Å². The molecule has 1 aromatic heterocycles. The fraction of sp³-hybridized carbons (Fsp3) is 0.385. The molecule has 5 nitrogen and oxygen atoms in total. The lowest BCUT2D eigenvalue weighted by Crippen LogP contribution is -2.21. The maximum Gasteiger partial charge on any atom is 0.345 e. The highest BCUT2D eigenvalue weighted by atomic mass is 16.6. The van der Waals surface area contributed by atoms with Crippen LogP contribution in [0.4, 0.5) is 0 Å². The number of furan rings is 1. The van der Waals surface area contributed by atoms with Gasteiger partial charge in [-0.15, -0.1) is 0 Å². The Kier molecular flexibility index (Phi) is 5.17. The third kappa shape index (κ3) is 3.76. The smallest absolute Gasteiger partial charge is 0.345 e.